The van der Waals surface area contributed by atoms with Crippen molar-refractivity contribution in [1.29, 1.82) is 0 Å². The van der Waals surface area contributed by atoms with E-state index in [9.17, 15) is 0 Å². The fourth-order valence-corrected chi connectivity index (χ4v) is 2.76. The molecule has 0 bridgehead atoms. The van der Waals surface area contributed by atoms with E-state index in [2.05, 4.69) is 211 Å². The standard InChI is InChI=1S/3C9H12.5C3H8.C2H6.4C2H5.4Y/c1-3-9-6-4-8(2)5-7-9;1-3-9-6-4-5-8(2)7-9;1-3-9-7-5-4-6-8(9)2;5*1-3-2;5*1-2;;;;/h3*4-7H,3H2,1-2H3;5*3H2,1-2H3;1-2H3;4*1H2,2H3;;;;/q;;;;;;;;;4*-1;;;;. The van der Waals surface area contributed by atoms with Crippen molar-refractivity contribution >= 4 is 0 Å². The molecule has 0 aliphatic heterocycles. The van der Waals surface area contributed by atoms with Gasteiger partial charge in [-0.3, -0.25) is 0 Å². The van der Waals surface area contributed by atoms with Crippen LogP contribution in [-0.4, -0.2) is 0 Å². The molecule has 4 heteroatoms. The number of hydrogen-bond donors (Lipinski definition) is 0. The van der Waals surface area contributed by atoms with Crippen molar-refractivity contribution in [2.45, 2.75) is 204 Å². The van der Waals surface area contributed by atoms with Crippen molar-refractivity contribution in [3.8, 4) is 0 Å². The van der Waals surface area contributed by atoms with Crippen LogP contribution in [0.15, 0.2) is 72.8 Å². The molecule has 0 aromatic heterocycles. The monoisotopic (exact) mass is 1080 g/mol. The summed E-state index contributed by atoms with van der Waals surface area (Å²) in [5.74, 6) is 0. The molecule has 0 aliphatic rings. The predicted octanol–water partition coefficient (Wildman–Crippen LogP) is 19.1. The molecule has 0 spiro atoms. The fourth-order valence-electron chi connectivity index (χ4n) is 2.76. The van der Waals surface area contributed by atoms with Crippen molar-refractivity contribution in [3.05, 3.63) is 134 Å². The molecule has 0 N–H and O–H groups in total. The van der Waals surface area contributed by atoms with Crippen LogP contribution in [0.1, 0.15) is 197 Å². The molecule has 0 aliphatic carbocycles. The number of benzene rings is 3. The Morgan fingerprint density at radius 2 is 0.643 bits per heavy atom. The Kier molecular flexibility index (Phi) is 194. The third-order valence-corrected chi connectivity index (χ3v) is 4.66. The van der Waals surface area contributed by atoms with Crippen molar-refractivity contribution in [3.63, 3.8) is 0 Å². The van der Waals surface area contributed by atoms with Crippen molar-refractivity contribution in [1.82, 2.24) is 0 Å². The summed E-state index contributed by atoms with van der Waals surface area (Å²) in [5, 5.41) is 0. The summed E-state index contributed by atoms with van der Waals surface area (Å²) in [4.78, 5) is 0. The van der Waals surface area contributed by atoms with Crippen LogP contribution in [0.2, 0.25) is 0 Å². The van der Waals surface area contributed by atoms with Crippen LogP contribution in [-0.2, 0) is 150 Å². The van der Waals surface area contributed by atoms with Crippen molar-refractivity contribution in [2.24, 2.45) is 0 Å². The van der Waals surface area contributed by atoms with Gasteiger partial charge >= 0.3 is 0 Å². The van der Waals surface area contributed by atoms with E-state index in [0.29, 0.717) is 0 Å². The van der Waals surface area contributed by atoms with Gasteiger partial charge < -0.3 is 27.7 Å². The smallest absolute Gasteiger partial charge is 0 e. The molecule has 3 aromatic carbocycles. The molecular weight excluding hydrogens is 980 g/mol. The van der Waals surface area contributed by atoms with E-state index in [4.69, 9.17) is 0 Å². The Labute approximate surface area is 462 Å². The average Bonchev–Trinajstić information content (AvgIpc) is 3.18. The summed E-state index contributed by atoms with van der Waals surface area (Å²) >= 11 is 0. The Morgan fingerprint density at radius 3 is 0.857 bits per heavy atom. The molecule has 0 saturated heterocycles. The summed E-state index contributed by atoms with van der Waals surface area (Å²) < 4.78 is 0. The minimum Gasteiger partial charge on any atom is -0.346 e. The van der Waals surface area contributed by atoms with Crippen LogP contribution >= 0.6 is 0 Å². The quantitative estimate of drug-likeness (QED) is 0.229. The Bertz CT molecular complexity index is 851. The molecule has 56 heavy (non-hydrogen) atoms. The number of rotatable bonds is 3. The molecule has 0 nitrogen and oxygen atoms in total. The predicted molar refractivity (Wildman–Crippen MR) is 257 cm³/mol. The summed E-state index contributed by atoms with van der Waals surface area (Å²) in [7, 11) is 0. The van der Waals surface area contributed by atoms with Gasteiger partial charge in [-0.05, 0) is 62.3 Å². The Hall–Kier alpha value is 2.08. The summed E-state index contributed by atoms with van der Waals surface area (Å²) in [6.45, 7) is 58.2. The van der Waals surface area contributed by atoms with Gasteiger partial charge in [0.2, 0.25) is 0 Å². The van der Waals surface area contributed by atoms with Gasteiger partial charge in [-0.15, -0.1) is 0 Å². The van der Waals surface area contributed by atoms with Crippen molar-refractivity contribution in [2.75, 3.05) is 0 Å². The first kappa shape index (κ1) is 97.4. The van der Waals surface area contributed by atoms with E-state index >= 15 is 0 Å². The van der Waals surface area contributed by atoms with Crippen molar-refractivity contribution < 1.29 is 131 Å². The maximum absolute atomic E-state index is 3.25. The first-order valence-electron chi connectivity index (χ1n) is 21.1. The summed E-state index contributed by atoms with van der Waals surface area (Å²) in [6.07, 6.45) is 9.68. The normalized spacial score (nSPS) is 6.75. The fraction of sp³-hybridized carbons (Fsp3) is 0.577. The molecule has 0 unspecified atom stereocenters. The SMILES string of the molecule is CC.CCC.CCC.CCC.CCC.CCC.CCc1ccc(C)cc1.CCc1cccc(C)c1.CCc1ccccc1C.[CH2-]C.[CH2-]C.[CH2-]C.[CH2-]C.[Y].[Y].[Y].[Y]. The van der Waals surface area contributed by atoms with E-state index in [0.717, 1.165) is 19.3 Å². The minimum atomic E-state index is 0. The van der Waals surface area contributed by atoms with E-state index in [1.807, 2.05) is 13.8 Å². The van der Waals surface area contributed by atoms with Gasteiger partial charge in [-0.25, -0.2) is 0 Å². The third kappa shape index (κ3) is 111. The zero-order chi connectivity index (χ0) is 43.6. The third-order valence-electron chi connectivity index (χ3n) is 4.66. The zero-order valence-corrected chi connectivity index (χ0v) is 54.1. The van der Waals surface area contributed by atoms with E-state index in [1.54, 1.807) is 27.7 Å². The average molecular weight is 1080 g/mol. The second-order valence-electron chi connectivity index (χ2n) is 10.5. The molecule has 0 amide bonds. The van der Waals surface area contributed by atoms with Crippen LogP contribution < -0.4 is 0 Å². The van der Waals surface area contributed by atoms with Gasteiger partial charge in [-0.2, -0.15) is 27.7 Å². The molecule has 0 saturated carbocycles. The molecule has 0 heterocycles. The molecule has 3 aromatic rings. The van der Waals surface area contributed by atoms with Gasteiger partial charge in [0.15, 0.2) is 0 Å². The molecule has 0 fully saturated rings. The van der Waals surface area contributed by atoms with E-state index < -0.39 is 0 Å². The molecular formula is C52H102Y4-4. The van der Waals surface area contributed by atoms with Crippen LogP contribution in [0.4, 0.5) is 0 Å². The van der Waals surface area contributed by atoms with Crippen LogP contribution in [0.25, 0.3) is 0 Å². The van der Waals surface area contributed by atoms with Gasteiger partial charge in [0.25, 0.3) is 0 Å². The first-order valence-corrected chi connectivity index (χ1v) is 21.1. The summed E-state index contributed by atoms with van der Waals surface area (Å²) in [6, 6.07) is 25.8. The first-order chi connectivity index (χ1) is 25.1. The summed E-state index contributed by atoms with van der Waals surface area (Å²) in [5.41, 5.74) is 8.40. The maximum Gasteiger partial charge on any atom is 0 e. The maximum atomic E-state index is 3.25. The van der Waals surface area contributed by atoms with Gasteiger partial charge in [0.05, 0.1) is 0 Å². The van der Waals surface area contributed by atoms with Crippen LogP contribution in [0.5, 0.6) is 0 Å². The van der Waals surface area contributed by atoms with Gasteiger partial charge in [0.1, 0.15) is 0 Å². The largest absolute Gasteiger partial charge is 0.346 e. The van der Waals surface area contributed by atoms with E-state index in [-0.39, 0.29) is 131 Å². The molecule has 0 atom stereocenters. The minimum absolute atomic E-state index is 0. The van der Waals surface area contributed by atoms with E-state index in [1.165, 1.54) is 65.5 Å². The second-order valence-corrected chi connectivity index (χ2v) is 10.5. The Balaban J connectivity index is -0.0000000300. The Morgan fingerprint density at radius 1 is 0.339 bits per heavy atom. The number of aryl methyl sites for hydroxylation is 6. The second kappa shape index (κ2) is 112. The molecule has 326 valence electrons. The van der Waals surface area contributed by atoms with Gasteiger partial charge in [-0.1, -0.05) is 220 Å². The molecule has 4 radical (unpaired) electrons. The molecule has 3 rings (SSSR count). The number of hydrogen-bond acceptors (Lipinski definition) is 0. The van der Waals surface area contributed by atoms with Gasteiger partial charge in [0, 0.05) is 131 Å². The topological polar surface area (TPSA) is 0 Å². The van der Waals surface area contributed by atoms with Crippen LogP contribution in [0, 0.1) is 48.5 Å². The zero-order valence-electron chi connectivity index (χ0n) is 42.7. The van der Waals surface area contributed by atoms with Crippen LogP contribution in [0.3, 0.4) is 0 Å².